The van der Waals surface area contributed by atoms with Crippen LogP contribution in [0.4, 0.5) is 0 Å². The molecule has 2 rings (SSSR count). The van der Waals surface area contributed by atoms with Gasteiger partial charge in [0, 0.05) is 12.8 Å². The number of halogens is 1. The predicted octanol–water partition coefficient (Wildman–Crippen LogP) is 2.74. The Morgan fingerprint density at radius 3 is 2.77 bits per heavy atom. The molecule has 1 heterocycles. The van der Waals surface area contributed by atoms with Gasteiger partial charge in [0.2, 0.25) is 5.88 Å². The second-order valence-corrected chi connectivity index (χ2v) is 6.50. The van der Waals surface area contributed by atoms with Crippen molar-refractivity contribution < 1.29 is 19.7 Å². The molecule has 0 aliphatic heterocycles. The van der Waals surface area contributed by atoms with E-state index in [0.29, 0.717) is 30.1 Å². The monoisotopic (exact) mass is 387 g/mol. The van der Waals surface area contributed by atoms with E-state index in [4.69, 9.17) is 9.84 Å². The fourth-order valence-electron chi connectivity index (χ4n) is 1.83. The number of carbonyl (C=O) groups is 1. The Hall–Kier alpha value is -1.80. The number of aliphatic carboxylic acids is 1. The van der Waals surface area contributed by atoms with Gasteiger partial charge in [-0.3, -0.25) is 14.6 Å². The Kier molecular flexibility index (Phi) is 5.62. The maximum atomic E-state index is 11.1. The molecule has 0 saturated heterocycles. The molecule has 0 saturated carbocycles. The Labute approximate surface area is 138 Å². The minimum atomic E-state index is -0.844. The van der Waals surface area contributed by atoms with Crippen LogP contribution in [0.3, 0.4) is 0 Å². The van der Waals surface area contributed by atoms with Crippen LogP contribution in [-0.4, -0.2) is 27.8 Å². The average Bonchev–Trinajstić information content (AvgIpc) is 2.74. The van der Waals surface area contributed by atoms with Crippen LogP contribution in [0, 0.1) is 0 Å². The molecular weight excluding hydrogens is 374 g/mol. The molecule has 0 aliphatic carbocycles. The lowest BCUT2D eigenvalue weighted by Gasteiger charge is -2.09. The summed E-state index contributed by atoms with van der Waals surface area (Å²) in [7, 11) is 0. The van der Waals surface area contributed by atoms with Gasteiger partial charge in [0.05, 0.1) is 16.0 Å². The summed E-state index contributed by atoms with van der Waals surface area (Å²) in [5.74, 6) is -0.316. The summed E-state index contributed by atoms with van der Waals surface area (Å²) in [5.41, 5.74) is 0.912. The molecule has 2 aromatic rings. The summed E-state index contributed by atoms with van der Waals surface area (Å²) in [6.45, 7) is 0.324. The first-order chi connectivity index (χ1) is 10.5. The first-order valence-corrected chi connectivity index (χ1v) is 8.10. The van der Waals surface area contributed by atoms with Crippen molar-refractivity contribution >= 4 is 33.2 Å². The third kappa shape index (κ3) is 4.60. The van der Waals surface area contributed by atoms with Crippen LogP contribution in [0.15, 0.2) is 27.5 Å². The lowest BCUT2D eigenvalue weighted by molar-refractivity contribution is -0.137. The molecule has 0 amide bonds. The number of aromatic amines is 1. The van der Waals surface area contributed by atoms with Crippen LogP contribution in [0.1, 0.15) is 23.3 Å². The highest BCUT2D eigenvalue weighted by molar-refractivity contribution is 9.10. The summed E-state index contributed by atoms with van der Waals surface area (Å²) >= 11 is 4.37. The first-order valence-electron chi connectivity index (χ1n) is 6.49. The Bertz CT molecular complexity index is 724. The number of hydrogen-bond donors (Lipinski definition) is 3. The van der Waals surface area contributed by atoms with Crippen molar-refractivity contribution in [3.8, 4) is 11.6 Å². The number of ether oxygens (including phenoxy) is 1. The minimum Gasteiger partial charge on any atom is -0.494 e. The van der Waals surface area contributed by atoms with Crippen molar-refractivity contribution in [2.75, 3.05) is 6.61 Å². The Balaban J connectivity index is 1.98. The number of carboxylic acid groups (broad SMARTS) is 1. The van der Waals surface area contributed by atoms with Gasteiger partial charge in [0.25, 0.3) is 0 Å². The smallest absolute Gasteiger partial charge is 0.307 e. The largest absolute Gasteiger partial charge is 0.494 e. The third-order valence-electron chi connectivity index (χ3n) is 2.85. The molecule has 3 N–H and O–H groups in total. The summed E-state index contributed by atoms with van der Waals surface area (Å²) in [6, 6.07) is 5.45. The van der Waals surface area contributed by atoms with E-state index in [-0.39, 0.29) is 17.2 Å². The standard InChI is InChI=1S/C14H14BrNO5S/c15-9-6-8(7-11-13(19)16-14(20)22-11)3-4-10(9)21-5-1-2-12(17)18/h3-4,6,19H,1-2,5,7H2,(H,16,20)(H,17,18). The summed E-state index contributed by atoms with van der Waals surface area (Å²) in [4.78, 5) is 24.2. The van der Waals surface area contributed by atoms with Crippen LogP contribution in [-0.2, 0) is 11.2 Å². The van der Waals surface area contributed by atoms with Crippen LogP contribution >= 0.6 is 27.3 Å². The highest BCUT2D eigenvalue weighted by Crippen LogP contribution is 2.28. The SMILES string of the molecule is O=C(O)CCCOc1ccc(Cc2sc(=O)[nH]c2O)cc1Br. The van der Waals surface area contributed by atoms with Crippen LogP contribution in [0.2, 0.25) is 0 Å². The zero-order valence-corrected chi connectivity index (χ0v) is 13.9. The normalized spacial score (nSPS) is 10.6. The topological polar surface area (TPSA) is 99.6 Å². The number of H-pyrrole nitrogens is 1. The molecule has 118 valence electrons. The average molecular weight is 388 g/mol. The number of benzene rings is 1. The van der Waals surface area contributed by atoms with E-state index >= 15 is 0 Å². The van der Waals surface area contributed by atoms with E-state index in [0.717, 1.165) is 21.4 Å². The van der Waals surface area contributed by atoms with Crippen molar-refractivity contribution in [3.63, 3.8) is 0 Å². The molecule has 0 fully saturated rings. The molecule has 0 bridgehead atoms. The quantitative estimate of drug-likeness (QED) is 0.634. The third-order valence-corrected chi connectivity index (χ3v) is 4.35. The molecule has 0 aliphatic rings. The van der Waals surface area contributed by atoms with E-state index in [1.807, 2.05) is 12.1 Å². The van der Waals surface area contributed by atoms with Crippen LogP contribution in [0.25, 0.3) is 0 Å². The number of thiazole rings is 1. The molecule has 1 aromatic carbocycles. The van der Waals surface area contributed by atoms with Crippen molar-refractivity contribution in [2.45, 2.75) is 19.3 Å². The number of aromatic hydroxyl groups is 1. The van der Waals surface area contributed by atoms with Crippen molar-refractivity contribution in [1.29, 1.82) is 0 Å². The predicted molar refractivity (Wildman–Crippen MR) is 85.9 cm³/mol. The maximum Gasteiger partial charge on any atom is 0.307 e. The molecule has 0 atom stereocenters. The zero-order valence-electron chi connectivity index (χ0n) is 11.5. The van der Waals surface area contributed by atoms with Gasteiger partial charge in [-0.2, -0.15) is 0 Å². The number of carboxylic acids is 1. The highest BCUT2D eigenvalue weighted by atomic mass is 79.9. The number of aromatic nitrogens is 1. The van der Waals surface area contributed by atoms with E-state index in [1.165, 1.54) is 0 Å². The molecule has 0 unspecified atom stereocenters. The van der Waals surface area contributed by atoms with E-state index in [2.05, 4.69) is 20.9 Å². The van der Waals surface area contributed by atoms with E-state index in [1.54, 1.807) is 6.07 Å². The highest BCUT2D eigenvalue weighted by Gasteiger charge is 2.09. The maximum absolute atomic E-state index is 11.1. The fraction of sp³-hybridized carbons (Fsp3) is 0.286. The second-order valence-electron chi connectivity index (χ2n) is 4.57. The van der Waals surface area contributed by atoms with Crippen molar-refractivity contribution in [1.82, 2.24) is 4.98 Å². The van der Waals surface area contributed by atoms with Gasteiger partial charge in [-0.05, 0) is 40.0 Å². The van der Waals surface area contributed by atoms with Crippen LogP contribution < -0.4 is 9.61 Å². The molecule has 8 heteroatoms. The summed E-state index contributed by atoms with van der Waals surface area (Å²) in [5, 5.41) is 18.1. The summed E-state index contributed by atoms with van der Waals surface area (Å²) < 4.78 is 6.25. The molecule has 1 aromatic heterocycles. The van der Waals surface area contributed by atoms with Gasteiger partial charge in [-0.25, -0.2) is 0 Å². The number of nitrogens with one attached hydrogen (secondary N) is 1. The molecule has 0 spiro atoms. The first kappa shape index (κ1) is 16.6. The van der Waals surface area contributed by atoms with Gasteiger partial charge in [0.1, 0.15) is 5.75 Å². The Morgan fingerprint density at radius 1 is 1.41 bits per heavy atom. The second kappa shape index (κ2) is 7.46. The van der Waals surface area contributed by atoms with Gasteiger partial charge < -0.3 is 14.9 Å². The molecular formula is C14H14BrNO5S. The van der Waals surface area contributed by atoms with Gasteiger partial charge >= 0.3 is 10.8 Å². The molecule has 22 heavy (non-hydrogen) atoms. The zero-order chi connectivity index (χ0) is 16.1. The number of hydrogen-bond acceptors (Lipinski definition) is 5. The fourth-order valence-corrected chi connectivity index (χ4v) is 3.13. The summed E-state index contributed by atoms with van der Waals surface area (Å²) in [6.07, 6.45) is 0.948. The van der Waals surface area contributed by atoms with Crippen LogP contribution in [0.5, 0.6) is 11.6 Å². The van der Waals surface area contributed by atoms with Gasteiger partial charge in [-0.15, -0.1) is 0 Å². The lowest BCUT2D eigenvalue weighted by atomic mass is 10.1. The minimum absolute atomic E-state index is 0.0708. The van der Waals surface area contributed by atoms with E-state index < -0.39 is 5.97 Å². The van der Waals surface area contributed by atoms with Gasteiger partial charge in [0.15, 0.2) is 0 Å². The van der Waals surface area contributed by atoms with Crippen molar-refractivity contribution in [3.05, 3.63) is 42.8 Å². The lowest BCUT2D eigenvalue weighted by Crippen LogP contribution is -2.02. The Morgan fingerprint density at radius 2 is 2.18 bits per heavy atom. The van der Waals surface area contributed by atoms with Gasteiger partial charge in [-0.1, -0.05) is 17.4 Å². The molecule has 6 nitrogen and oxygen atoms in total. The number of rotatable bonds is 7. The molecule has 0 radical (unpaired) electrons. The van der Waals surface area contributed by atoms with E-state index in [9.17, 15) is 14.7 Å². The van der Waals surface area contributed by atoms with Crippen molar-refractivity contribution in [2.24, 2.45) is 0 Å².